The van der Waals surface area contributed by atoms with Gasteiger partial charge in [-0.1, -0.05) is 0 Å². The first-order chi connectivity index (χ1) is 10.0. The van der Waals surface area contributed by atoms with Crippen LogP contribution in [0.3, 0.4) is 0 Å². The molecule has 0 aliphatic heterocycles. The van der Waals surface area contributed by atoms with E-state index < -0.39 is 10.8 Å². The molecule has 0 spiro atoms. The van der Waals surface area contributed by atoms with E-state index in [0.717, 1.165) is 5.69 Å². The van der Waals surface area contributed by atoms with E-state index in [4.69, 9.17) is 5.84 Å². The van der Waals surface area contributed by atoms with Crippen molar-refractivity contribution in [1.82, 2.24) is 4.98 Å². The molecular formula is C13H13N5O3. The smallest absolute Gasteiger partial charge is 0.270 e. The third-order valence-corrected chi connectivity index (χ3v) is 2.77. The minimum absolute atomic E-state index is 0.0844. The largest absolute Gasteiger partial charge is 0.323 e. The third kappa shape index (κ3) is 3.31. The number of non-ortho nitro benzene ring substituents is 1. The fourth-order valence-electron chi connectivity index (χ4n) is 1.78. The van der Waals surface area contributed by atoms with Crippen LogP contribution in [0, 0.1) is 17.0 Å². The van der Waals surface area contributed by atoms with Gasteiger partial charge in [0.2, 0.25) is 0 Å². The monoisotopic (exact) mass is 287 g/mol. The summed E-state index contributed by atoms with van der Waals surface area (Å²) in [4.78, 5) is 26.5. The van der Waals surface area contributed by atoms with Crippen molar-refractivity contribution in [2.24, 2.45) is 5.84 Å². The maximum absolute atomic E-state index is 12.2. The van der Waals surface area contributed by atoms with E-state index >= 15 is 0 Å². The summed E-state index contributed by atoms with van der Waals surface area (Å²) >= 11 is 0. The number of hydrogen-bond acceptors (Lipinski definition) is 6. The quantitative estimate of drug-likeness (QED) is 0.448. The van der Waals surface area contributed by atoms with Gasteiger partial charge >= 0.3 is 0 Å². The van der Waals surface area contributed by atoms with Crippen molar-refractivity contribution < 1.29 is 9.72 Å². The lowest BCUT2D eigenvalue weighted by Gasteiger charge is -2.09. The molecule has 0 atom stereocenters. The first kappa shape index (κ1) is 14.4. The standard InChI is InChI=1S/C13H13N5O3/c1-8-6-9(4-5-15-8)16-13(19)11-7-10(18(20)21)2-3-12(11)17-14/h2-7,17H,14H2,1H3,(H,15,16,19). The Balaban J connectivity index is 2.33. The lowest BCUT2D eigenvalue weighted by molar-refractivity contribution is -0.384. The van der Waals surface area contributed by atoms with Gasteiger partial charge in [0.1, 0.15) is 0 Å². The number of carbonyl (C=O) groups excluding carboxylic acids is 1. The Morgan fingerprint density at radius 3 is 2.71 bits per heavy atom. The van der Waals surface area contributed by atoms with Gasteiger partial charge < -0.3 is 10.7 Å². The number of nitro groups is 1. The van der Waals surface area contributed by atoms with E-state index in [1.165, 1.54) is 18.2 Å². The number of nitrogens with two attached hydrogens (primary N) is 1. The maximum atomic E-state index is 12.2. The summed E-state index contributed by atoms with van der Waals surface area (Å²) in [7, 11) is 0. The number of rotatable bonds is 4. The molecule has 1 heterocycles. The zero-order valence-electron chi connectivity index (χ0n) is 11.2. The normalized spacial score (nSPS) is 10.0. The van der Waals surface area contributed by atoms with Gasteiger partial charge in [0.25, 0.3) is 11.6 Å². The molecule has 1 aromatic carbocycles. The number of amides is 1. The summed E-state index contributed by atoms with van der Waals surface area (Å²) in [5.41, 5.74) is 3.82. The van der Waals surface area contributed by atoms with Crippen LogP contribution in [-0.4, -0.2) is 15.8 Å². The molecule has 0 unspecified atom stereocenters. The van der Waals surface area contributed by atoms with Gasteiger partial charge in [-0.05, 0) is 25.1 Å². The van der Waals surface area contributed by atoms with Gasteiger partial charge in [-0.25, -0.2) is 0 Å². The van der Waals surface area contributed by atoms with Gasteiger partial charge in [-0.3, -0.25) is 25.7 Å². The van der Waals surface area contributed by atoms with Crippen LogP contribution in [-0.2, 0) is 0 Å². The average molecular weight is 287 g/mol. The molecule has 0 aliphatic rings. The molecule has 0 saturated carbocycles. The maximum Gasteiger partial charge on any atom is 0.270 e. The predicted molar refractivity (Wildman–Crippen MR) is 77.8 cm³/mol. The first-order valence-electron chi connectivity index (χ1n) is 6.00. The topological polar surface area (TPSA) is 123 Å². The predicted octanol–water partition coefficient (Wildman–Crippen LogP) is 1.84. The number of hydrazine groups is 1. The zero-order valence-corrected chi connectivity index (χ0v) is 11.2. The molecule has 108 valence electrons. The van der Waals surface area contributed by atoms with Crippen molar-refractivity contribution in [1.29, 1.82) is 0 Å². The van der Waals surface area contributed by atoms with Gasteiger partial charge in [0, 0.05) is 29.7 Å². The van der Waals surface area contributed by atoms with Crippen molar-refractivity contribution in [3.8, 4) is 0 Å². The van der Waals surface area contributed by atoms with Crippen molar-refractivity contribution in [2.45, 2.75) is 6.92 Å². The number of benzene rings is 1. The van der Waals surface area contributed by atoms with Crippen LogP contribution in [0.25, 0.3) is 0 Å². The number of nitro benzene ring substituents is 1. The molecular weight excluding hydrogens is 274 g/mol. The number of nitrogens with zero attached hydrogens (tertiary/aromatic N) is 2. The highest BCUT2D eigenvalue weighted by atomic mass is 16.6. The van der Waals surface area contributed by atoms with Crippen LogP contribution in [0.2, 0.25) is 0 Å². The van der Waals surface area contributed by atoms with Crippen molar-refractivity contribution in [2.75, 3.05) is 10.7 Å². The molecule has 0 aliphatic carbocycles. The molecule has 1 amide bonds. The highest BCUT2D eigenvalue weighted by Crippen LogP contribution is 2.22. The second kappa shape index (κ2) is 5.97. The van der Waals surface area contributed by atoms with Crippen LogP contribution in [0.4, 0.5) is 17.1 Å². The molecule has 0 bridgehead atoms. The number of hydrogen-bond donors (Lipinski definition) is 3. The Bertz CT molecular complexity index is 702. The molecule has 21 heavy (non-hydrogen) atoms. The number of carbonyl (C=O) groups is 1. The number of nitrogens with one attached hydrogen (secondary N) is 2. The third-order valence-electron chi connectivity index (χ3n) is 2.77. The van der Waals surface area contributed by atoms with E-state index in [-0.39, 0.29) is 11.3 Å². The van der Waals surface area contributed by atoms with E-state index in [2.05, 4.69) is 15.7 Å². The molecule has 2 aromatic rings. The minimum atomic E-state index is -0.576. The first-order valence-corrected chi connectivity index (χ1v) is 6.00. The lowest BCUT2D eigenvalue weighted by atomic mass is 10.1. The molecule has 8 heteroatoms. The summed E-state index contributed by atoms with van der Waals surface area (Å²) in [5.74, 6) is 4.82. The summed E-state index contributed by atoms with van der Waals surface area (Å²) in [6.45, 7) is 1.79. The van der Waals surface area contributed by atoms with E-state index in [0.29, 0.717) is 11.4 Å². The molecule has 0 radical (unpaired) electrons. The molecule has 2 rings (SSSR count). The zero-order chi connectivity index (χ0) is 15.4. The average Bonchev–Trinajstić information content (AvgIpc) is 2.46. The van der Waals surface area contributed by atoms with E-state index in [9.17, 15) is 14.9 Å². The fourth-order valence-corrected chi connectivity index (χ4v) is 1.78. The Morgan fingerprint density at radius 2 is 2.10 bits per heavy atom. The highest BCUT2D eigenvalue weighted by Gasteiger charge is 2.16. The van der Waals surface area contributed by atoms with Gasteiger partial charge in [0.15, 0.2) is 0 Å². The Labute approximate surface area is 120 Å². The Morgan fingerprint density at radius 1 is 1.33 bits per heavy atom. The van der Waals surface area contributed by atoms with Crippen LogP contribution in [0.15, 0.2) is 36.5 Å². The minimum Gasteiger partial charge on any atom is -0.323 e. The summed E-state index contributed by atoms with van der Waals surface area (Å²) in [6, 6.07) is 7.12. The molecule has 4 N–H and O–H groups in total. The van der Waals surface area contributed by atoms with Crippen LogP contribution in [0.1, 0.15) is 16.1 Å². The Hall–Kier alpha value is -3.00. The fraction of sp³-hybridized carbons (Fsp3) is 0.0769. The molecule has 8 nitrogen and oxygen atoms in total. The summed E-state index contributed by atoms with van der Waals surface area (Å²) < 4.78 is 0. The van der Waals surface area contributed by atoms with Crippen LogP contribution >= 0.6 is 0 Å². The van der Waals surface area contributed by atoms with Crippen LogP contribution in [0.5, 0.6) is 0 Å². The second-order valence-corrected chi connectivity index (χ2v) is 4.27. The van der Waals surface area contributed by atoms with Gasteiger partial charge in [0.05, 0.1) is 16.2 Å². The number of pyridine rings is 1. The van der Waals surface area contributed by atoms with Gasteiger partial charge in [-0.2, -0.15) is 0 Å². The molecule has 1 aromatic heterocycles. The lowest BCUT2D eigenvalue weighted by Crippen LogP contribution is -2.17. The number of aromatic nitrogens is 1. The van der Waals surface area contributed by atoms with E-state index in [1.54, 1.807) is 25.3 Å². The van der Waals surface area contributed by atoms with Crippen molar-refractivity contribution >= 4 is 23.0 Å². The molecule has 0 saturated heterocycles. The molecule has 0 fully saturated rings. The summed E-state index contributed by atoms with van der Waals surface area (Å²) in [6.07, 6.45) is 1.56. The van der Waals surface area contributed by atoms with Gasteiger partial charge in [-0.15, -0.1) is 0 Å². The number of anilines is 2. The van der Waals surface area contributed by atoms with Crippen molar-refractivity contribution in [3.05, 3.63) is 57.9 Å². The summed E-state index contributed by atoms with van der Waals surface area (Å²) in [5, 5.41) is 13.4. The van der Waals surface area contributed by atoms with E-state index in [1.807, 2.05) is 0 Å². The highest BCUT2D eigenvalue weighted by molar-refractivity contribution is 6.08. The number of aryl methyl sites for hydroxylation is 1. The van der Waals surface area contributed by atoms with Crippen molar-refractivity contribution in [3.63, 3.8) is 0 Å². The SMILES string of the molecule is Cc1cc(NC(=O)c2cc([N+](=O)[O-])ccc2NN)ccn1. The Kier molecular flexibility index (Phi) is 4.10. The number of nitrogen functional groups attached to an aromatic ring is 1. The second-order valence-electron chi connectivity index (χ2n) is 4.27. The van der Waals surface area contributed by atoms with Crippen LogP contribution < -0.4 is 16.6 Å².